The Labute approximate surface area is 98.3 Å². The molecule has 0 aliphatic heterocycles. The Hall–Kier alpha value is 0.0600. The molecule has 1 fully saturated rings. The molecule has 0 saturated heterocycles. The highest BCUT2D eigenvalue weighted by molar-refractivity contribution is 7.99. The van der Waals surface area contributed by atoms with Crippen LogP contribution in [0, 0.1) is 0 Å². The normalized spacial score (nSPS) is 27.0. The zero-order chi connectivity index (χ0) is 12.0. The smallest absolute Gasteiger partial charge is 0.311 e. The second-order valence-electron chi connectivity index (χ2n) is 3.91. The fourth-order valence-electron chi connectivity index (χ4n) is 2.02. The zero-order valence-electron chi connectivity index (χ0n) is 9.35. The van der Waals surface area contributed by atoms with E-state index in [1.165, 1.54) is 6.42 Å². The first-order valence-corrected chi connectivity index (χ1v) is 6.78. The van der Waals surface area contributed by atoms with Gasteiger partial charge in [-0.2, -0.15) is 11.8 Å². The average molecular weight is 257 g/mol. The summed E-state index contributed by atoms with van der Waals surface area (Å²) in [5, 5.41) is 3.68. The van der Waals surface area contributed by atoms with Crippen molar-refractivity contribution < 1.29 is 17.9 Å². The van der Waals surface area contributed by atoms with E-state index in [2.05, 4.69) is 16.3 Å². The molecule has 0 aromatic heterocycles. The molecule has 0 bridgehead atoms. The third-order valence-electron chi connectivity index (χ3n) is 2.78. The molecule has 96 valence electrons. The molecule has 1 saturated carbocycles. The Kier molecular flexibility index (Phi) is 5.92. The van der Waals surface area contributed by atoms with Gasteiger partial charge in [0.15, 0.2) is 0 Å². The maximum absolute atomic E-state index is 11.7. The van der Waals surface area contributed by atoms with E-state index in [-0.39, 0.29) is 13.2 Å². The summed E-state index contributed by atoms with van der Waals surface area (Å²) in [4.78, 5) is 0. The summed E-state index contributed by atoms with van der Waals surface area (Å²) in [5.41, 5.74) is 0. The van der Waals surface area contributed by atoms with E-state index >= 15 is 0 Å². The summed E-state index contributed by atoms with van der Waals surface area (Å²) in [7, 11) is 0. The molecule has 1 N–H and O–H groups in total. The molecule has 1 aliphatic carbocycles. The fourth-order valence-corrected chi connectivity index (χ4v) is 2.99. The van der Waals surface area contributed by atoms with Crippen molar-refractivity contribution in [1.82, 2.24) is 5.32 Å². The predicted molar refractivity (Wildman–Crippen MR) is 59.6 cm³/mol. The van der Waals surface area contributed by atoms with Crippen molar-refractivity contribution in [3.8, 4) is 0 Å². The van der Waals surface area contributed by atoms with Crippen LogP contribution in [0.5, 0.6) is 0 Å². The van der Waals surface area contributed by atoms with E-state index in [0.717, 1.165) is 19.3 Å². The van der Waals surface area contributed by atoms with Crippen LogP contribution >= 0.6 is 11.8 Å². The van der Waals surface area contributed by atoms with E-state index in [0.29, 0.717) is 11.3 Å². The van der Waals surface area contributed by atoms with Gasteiger partial charge < -0.3 is 5.32 Å². The Morgan fingerprint density at radius 2 is 2.00 bits per heavy atom. The van der Waals surface area contributed by atoms with Gasteiger partial charge in [-0.05, 0) is 19.1 Å². The third kappa shape index (κ3) is 5.41. The second kappa shape index (κ2) is 6.71. The van der Waals surface area contributed by atoms with Crippen LogP contribution in [0.25, 0.3) is 0 Å². The summed E-state index contributed by atoms with van der Waals surface area (Å²) in [5.74, 6) is 0. The summed E-state index contributed by atoms with van der Waals surface area (Å²) < 4.78 is 38.8. The number of hydrogen-bond donors (Lipinski definition) is 1. The largest absolute Gasteiger partial charge is 0.522 e. The molecule has 0 amide bonds. The van der Waals surface area contributed by atoms with Crippen LogP contribution in [-0.2, 0) is 4.74 Å². The minimum Gasteiger partial charge on any atom is -0.311 e. The van der Waals surface area contributed by atoms with Gasteiger partial charge in [-0.1, -0.05) is 12.8 Å². The minimum atomic E-state index is -4.51. The molecule has 2 nitrogen and oxygen atoms in total. The van der Waals surface area contributed by atoms with Crippen LogP contribution in [0.15, 0.2) is 0 Å². The molecule has 2 atom stereocenters. The molecular formula is C10H18F3NOS. The van der Waals surface area contributed by atoms with E-state index in [4.69, 9.17) is 0 Å². The van der Waals surface area contributed by atoms with E-state index < -0.39 is 6.36 Å². The summed E-state index contributed by atoms with van der Waals surface area (Å²) >= 11 is 1.79. The predicted octanol–water partition coefficient (Wildman–Crippen LogP) is 2.79. The fraction of sp³-hybridized carbons (Fsp3) is 1.00. The molecule has 2 unspecified atom stereocenters. The molecule has 0 aromatic carbocycles. The molecule has 0 radical (unpaired) electrons. The van der Waals surface area contributed by atoms with Gasteiger partial charge >= 0.3 is 6.36 Å². The van der Waals surface area contributed by atoms with Crippen molar-refractivity contribution in [3.05, 3.63) is 0 Å². The van der Waals surface area contributed by atoms with Crippen LogP contribution in [0.1, 0.15) is 25.7 Å². The van der Waals surface area contributed by atoms with Gasteiger partial charge in [0.25, 0.3) is 0 Å². The zero-order valence-corrected chi connectivity index (χ0v) is 10.2. The number of thioether (sulfide) groups is 1. The van der Waals surface area contributed by atoms with Crippen LogP contribution in [-0.4, -0.2) is 37.1 Å². The maximum Gasteiger partial charge on any atom is 0.522 e. The maximum atomic E-state index is 11.7. The summed E-state index contributed by atoms with van der Waals surface area (Å²) in [6.07, 6.45) is 2.14. The number of ether oxygens (including phenoxy) is 1. The van der Waals surface area contributed by atoms with Gasteiger partial charge in [-0.15, -0.1) is 13.2 Å². The Morgan fingerprint density at radius 1 is 1.31 bits per heavy atom. The molecular weight excluding hydrogens is 239 g/mol. The van der Waals surface area contributed by atoms with Gasteiger partial charge in [-0.25, -0.2) is 0 Å². The summed E-state index contributed by atoms with van der Waals surface area (Å²) in [6.45, 7) is -0.0393. The van der Waals surface area contributed by atoms with E-state index in [1.807, 2.05) is 0 Å². The first-order chi connectivity index (χ1) is 7.53. The highest BCUT2D eigenvalue weighted by atomic mass is 32.2. The third-order valence-corrected chi connectivity index (χ3v) is 3.95. The Bertz CT molecular complexity index is 201. The van der Waals surface area contributed by atoms with Gasteiger partial charge in [0, 0.05) is 17.8 Å². The SMILES string of the molecule is CSC1CCCCC1NCCOC(F)(F)F. The molecule has 16 heavy (non-hydrogen) atoms. The quantitative estimate of drug-likeness (QED) is 0.765. The van der Waals surface area contributed by atoms with Crippen molar-refractivity contribution in [2.24, 2.45) is 0 Å². The van der Waals surface area contributed by atoms with Crippen molar-refractivity contribution in [3.63, 3.8) is 0 Å². The number of halogens is 3. The lowest BCUT2D eigenvalue weighted by molar-refractivity contribution is -0.323. The average Bonchev–Trinajstić information content (AvgIpc) is 2.23. The molecule has 0 heterocycles. The minimum absolute atomic E-state index is 0.265. The standard InChI is InChI=1S/C10H18F3NOS/c1-16-9-5-3-2-4-8(9)14-6-7-15-10(11,12)13/h8-9,14H,2-7H2,1H3. The van der Waals surface area contributed by atoms with Crippen molar-refractivity contribution >= 4 is 11.8 Å². The summed E-state index contributed by atoms with van der Waals surface area (Å²) in [6, 6.07) is 0.334. The van der Waals surface area contributed by atoms with E-state index in [9.17, 15) is 13.2 Å². The molecule has 0 aromatic rings. The topological polar surface area (TPSA) is 21.3 Å². The van der Waals surface area contributed by atoms with Crippen LogP contribution in [0.3, 0.4) is 0 Å². The van der Waals surface area contributed by atoms with Crippen molar-refractivity contribution in [2.75, 3.05) is 19.4 Å². The molecule has 6 heteroatoms. The lowest BCUT2D eigenvalue weighted by Gasteiger charge is -2.31. The molecule has 0 spiro atoms. The monoisotopic (exact) mass is 257 g/mol. The van der Waals surface area contributed by atoms with Gasteiger partial charge in [-0.3, -0.25) is 4.74 Å². The number of nitrogens with one attached hydrogen (secondary N) is 1. The first-order valence-electron chi connectivity index (χ1n) is 5.50. The van der Waals surface area contributed by atoms with Gasteiger partial charge in [0.05, 0.1) is 6.61 Å². The highest BCUT2D eigenvalue weighted by Gasteiger charge is 2.29. The molecule has 1 aliphatic rings. The highest BCUT2D eigenvalue weighted by Crippen LogP contribution is 2.27. The van der Waals surface area contributed by atoms with Gasteiger partial charge in [0.2, 0.25) is 0 Å². The van der Waals surface area contributed by atoms with Crippen molar-refractivity contribution in [1.29, 1.82) is 0 Å². The number of rotatable bonds is 5. The van der Waals surface area contributed by atoms with Gasteiger partial charge in [0.1, 0.15) is 0 Å². The number of hydrogen-bond acceptors (Lipinski definition) is 3. The second-order valence-corrected chi connectivity index (χ2v) is 4.99. The number of alkyl halides is 3. The van der Waals surface area contributed by atoms with Crippen LogP contribution in [0.2, 0.25) is 0 Å². The Balaban J connectivity index is 2.15. The van der Waals surface area contributed by atoms with Crippen LogP contribution < -0.4 is 5.32 Å². The van der Waals surface area contributed by atoms with Crippen LogP contribution in [0.4, 0.5) is 13.2 Å². The molecule has 1 rings (SSSR count). The lowest BCUT2D eigenvalue weighted by Crippen LogP contribution is -2.42. The lowest BCUT2D eigenvalue weighted by atomic mass is 9.95. The van der Waals surface area contributed by atoms with E-state index in [1.54, 1.807) is 11.8 Å². The van der Waals surface area contributed by atoms with Crippen molar-refractivity contribution in [2.45, 2.75) is 43.3 Å². The Morgan fingerprint density at radius 3 is 2.62 bits per heavy atom. The first kappa shape index (κ1) is 14.1.